The molecular formula is C19H22N2O2. The number of nitrogens with zero attached hydrogens (tertiary/aromatic N) is 1. The highest BCUT2D eigenvalue weighted by molar-refractivity contribution is 5.92. The fraction of sp³-hybridized carbons (Fsp3) is 0.368. The summed E-state index contributed by atoms with van der Waals surface area (Å²) in [6.45, 7) is 0.470. The average Bonchev–Trinajstić information content (AvgIpc) is 2.62. The van der Waals surface area contributed by atoms with Crippen molar-refractivity contribution >= 4 is 5.91 Å². The summed E-state index contributed by atoms with van der Waals surface area (Å²) in [5, 5.41) is 2.89. The van der Waals surface area contributed by atoms with E-state index in [1.165, 1.54) is 19.3 Å². The predicted molar refractivity (Wildman–Crippen MR) is 89.4 cm³/mol. The second kappa shape index (κ2) is 7.77. The molecule has 0 unspecified atom stereocenters. The Hall–Kier alpha value is -2.36. The number of rotatable bonds is 5. The second-order valence-corrected chi connectivity index (χ2v) is 5.92. The normalized spacial score (nSPS) is 15.1. The van der Waals surface area contributed by atoms with E-state index in [4.69, 9.17) is 4.74 Å². The SMILES string of the molecule is O=C(NCc1cccc(OC2CCCCC2)c1)c1ccccn1. The van der Waals surface area contributed by atoms with Crippen molar-refractivity contribution in [2.75, 3.05) is 0 Å². The minimum Gasteiger partial charge on any atom is -0.490 e. The molecule has 0 aliphatic heterocycles. The minimum atomic E-state index is -0.163. The Morgan fingerprint density at radius 3 is 2.78 bits per heavy atom. The highest BCUT2D eigenvalue weighted by Crippen LogP contribution is 2.23. The topological polar surface area (TPSA) is 51.2 Å². The van der Waals surface area contributed by atoms with Crippen molar-refractivity contribution in [2.24, 2.45) is 0 Å². The Morgan fingerprint density at radius 1 is 1.13 bits per heavy atom. The number of pyridine rings is 1. The van der Waals surface area contributed by atoms with Crippen LogP contribution < -0.4 is 10.1 Å². The van der Waals surface area contributed by atoms with E-state index in [-0.39, 0.29) is 5.91 Å². The number of carbonyl (C=O) groups is 1. The lowest BCUT2D eigenvalue weighted by Crippen LogP contribution is -2.23. The van der Waals surface area contributed by atoms with E-state index in [1.54, 1.807) is 24.4 Å². The Morgan fingerprint density at radius 2 is 2.00 bits per heavy atom. The fourth-order valence-electron chi connectivity index (χ4n) is 2.87. The summed E-state index contributed by atoms with van der Waals surface area (Å²) >= 11 is 0. The highest BCUT2D eigenvalue weighted by Gasteiger charge is 2.15. The van der Waals surface area contributed by atoms with Crippen molar-refractivity contribution in [3.63, 3.8) is 0 Å². The number of aromatic nitrogens is 1. The zero-order valence-corrected chi connectivity index (χ0v) is 13.2. The molecule has 2 aromatic rings. The third-order valence-corrected chi connectivity index (χ3v) is 4.10. The van der Waals surface area contributed by atoms with Crippen LogP contribution in [0.4, 0.5) is 0 Å². The minimum absolute atomic E-state index is 0.163. The van der Waals surface area contributed by atoms with Crippen LogP contribution in [0.3, 0.4) is 0 Å². The lowest BCUT2D eigenvalue weighted by molar-refractivity contribution is 0.0945. The van der Waals surface area contributed by atoms with Crippen LogP contribution >= 0.6 is 0 Å². The van der Waals surface area contributed by atoms with E-state index in [0.29, 0.717) is 18.3 Å². The maximum Gasteiger partial charge on any atom is 0.270 e. The van der Waals surface area contributed by atoms with E-state index in [1.807, 2.05) is 24.3 Å². The first-order valence-electron chi connectivity index (χ1n) is 8.26. The van der Waals surface area contributed by atoms with Crippen molar-refractivity contribution in [1.29, 1.82) is 0 Å². The molecule has 1 amide bonds. The van der Waals surface area contributed by atoms with Gasteiger partial charge in [-0.15, -0.1) is 0 Å². The van der Waals surface area contributed by atoms with Crippen LogP contribution in [-0.2, 0) is 6.54 Å². The molecule has 1 fully saturated rings. The maximum atomic E-state index is 12.0. The number of nitrogens with one attached hydrogen (secondary N) is 1. The standard InChI is InChI=1S/C19H22N2O2/c22-19(18-11-4-5-12-20-18)21-14-15-7-6-10-17(13-15)23-16-8-2-1-3-9-16/h4-7,10-13,16H,1-3,8-9,14H2,(H,21,22). The summed E-state index contributed by atoms with van der Waals surface area (Å²) in [4.78, 5) is 16.1. The molecule has 4 heteroatoms. The van der Waals surface area contributed by atoms with Gasteiger partial charge in [-0.05, 0) is 55.5 Å². The molecule has 1 saturated carbocycles. The molecule has 0 radical (unpaired) electrons. The molecule has 0 bridgehead atoms. The van der Waals surface area contributed by atoms with Crippen LogP contribution in [-0.4, -0.2) is 17.0 Å². The molecule has 1 aliphatic carbocycles. The van der Waals surface area contributed by atoms with Gasteiger partial charge in [0.05, 0.1) is 6.10 Å². The smallest absolute Gasteiger partial charge is 0.270 e. The molecule has 23 heavy (non-hydrogen) atoms. The Labute approximate surface area is 136 Å². The Bertz CT molecular complexity index is 637. The van der Waals surface area contributed by atoms with E-state index >= 15 is 0 Å². The molecule has 1 heterocycles. The van der Waals surface area contributed by atoms with E-state index in [9.17, 15) is 4.79 Å². The Balaban J connectivity index is 1.56. The van der Waals surface area contributed by atoms with Crippen LogP contribution in [0.1, 0.15) is 48.2 Å². The summed E-state index contributed by atoms with van der Waals surface area (Å²) in [7, 11) is 0. The first-order valence-corrected chi connectivity index (χ1v) is 8.26. The lowest BCUT2D eigenvalue weighted by Gasteiger charge is -2.23. The molecular weight excluding hydrogens is 288 g/mol. The van der Waals surface area contributed by atoms with E-state index < -0.39 is 0 Å². The van der Waals surface area contributed by atoms with Crippen molar-refractivity contribution < 1.29 is 9.53 Å². The van der Waals surface area contributed by atoms with Crippen molar-refractivity contribution in [3.05, 3.63) is 59.9 Å². The van der Waals surface area contributed by atoms with Gasteiger partial charge in [0.1, 0.15) is 11.4 Å². The van der Waals surface area contributed by atoms with Gasteiger partial charge in [0.2, 0.25) is 0 Å². The van der Waals surface area contributed by atoms with Gasteiger partial charge in [0, 0.05) is 12.7 Å². The van der Waals surface area contributed by atoms with Crippen LogP contribution in [0.15, 0.2) is 48.7 Å². The maximum absolute atomic E-state index is 12.0. The van der Waals surface area contributed by atoms with Crippen molar-refractivity contribution in [3.8, 4) is 5.75 Å². The molecule has 0 atom stereocenters. The molecule has 4 nitrogen and oxygen atoms in total. The highest BCUT2D eigenvalue weighted by atomic mass is 16.5. The van der Waals surface area contributed by atoms with Crippen LogP contribution in [0.25, 0.3) is 0 Å². The fourth-order valence-corrected chi connectivity index (χ4v) is 2.87. The van der Waals surface area contributed by atoms with Gasteiger partial charge in [-0.1, -0.05) is 24.6 Å². The van der Waals surface area contributed by atoms with E-state index in [2.05, 4.69) is 10.3 Å². The number of benzene rings is 1. The molecule has 3 rings (SSSR count). The first-order chi connectivity index (χ1) is 11.3. The van der Waals surface area contributed by atoms with Gasteiger partial charge in [-0.2, -0.15) is 0 Å². The number of carbonyl (C=O) groups excluding carboxylic acids is 1. The third-order valence-electron chi connectivity index (χ3n) is 4.10. The van der Waals surface area contributed by atoms with Gasteiger partial charge >= 0.3 is 0 Å². The quantitative estimate of drug-likeness (QED) is 0.915. The van der Waals surface area contributed by atoms with Crippen LogP contribution in [0.5, 0.6) is 5.75 Å². The molecule has 0 spiro atoms. The summed E-state index contributed by atoms with van der Waals surface area (Å²) < 4.78 is 6.06. The van der Waals surface area contributed by atoms with Crippen molar-refractivity contribution in [2.45, 2.75) is 44.8 Å². The zero-order chi connectivity index (χ0) is 15.9. The summed E-state index contributed by atoms with van der Waals surface area (Å²) in [5.41, 5.74) is 1.46. The Kier molecular flexibility index (Phi) is 5.25. The summed E-state index contributed by atoms with van der Waals surface area (Å²) in [5.74, 6) is 0.727. The zero-order valence-electron chi connectivity index (χ0n) is 13.2. The number of hydrogen-bond acceptors (Lipinski definition) is 3. The molecule has 1 aliphatic rings. The van der Waals surface area contributed by atoms with Gasteiger partial charge in [-0.25, -0.2) is 0 Å². The lowest BCUT2D eigenvalue weighted by atomic mass is 9.98. The molecule has 1 N–H and O–H groups in total. The summed E-state index contributed by atoms with van der Waals surface area (Å²) in [6.07, 6.45) is 8.06. The summed E-state index contributed by atoms with van der Waals surface area (Å²) in [6, 6.07) is 13.3. The molecule has 0 saturated heterocycles. The number of ether oxygens (including phenoxy) is 1. The first kappa shape index (κ1) is 15.5. The molecule has 1 aromatic heterocycles. The third kappa shape index (κ3) is 4.55. The van der Waals surface area contributed by atoms with E-state index in [0.717, 1.165) is 24.2 Å². The van der Waals surface area contributed by atoms with Crippen molar-refractivity contribution in [1.82, 2.24) is 10.3 Å². The predicted octanol–water partition coefficient (Wildman–Crippen LogP) is 3.72. The largest absolute Gasteiger partial charge is 0.490 e. The monoisotopic (exact) mass is 310 g/mol. The van der Waals surface area contributed by atoms with Gasteiger partial charge < -0.3 is 10.1 Å². The average molecular weight is 310 g/mol. The van der Waals surface area contributed by atoms with Gasteiger partial charge in [-0.3, -0.25) is 9.78 Å². The van der Waals surface area contributed by atoms with Gasteiger partial charge in [0.25, 0.3) is 5.91 Å². The molecule has 1 aromatic carbocycles. The van der Waals surface area contributed by atoms with Gasteiger partial charge in [0.15, 0.2) is 0 Å². The second-order valence-electron chi connectivity index (χ2n) is 5.92. The number of amides is 1. The van der Waals surface area contributed by atoms with Crippen LogP contribution in [0, 0.1) is 0 Å². The number of hydrogen-bond donors (Lipinski definition) is 1. The van der Waals surface area contributed by atoms with Crippen LogP contribution in [0.2, 0.25) is 0 Å². The molecule has 120 valence electrons.